The number of carbonyl (C=O) groups excluding carboxylic acids is 2. The molecule has 1 heterocycles. The summed E-state index contributed by atoms with van der Waals surface area (Å²) in [7, 11) is 0. The van der Waals surface area contributed by atoms with Crippen LogP contribution in [0.4, 0.5) is 10.5 Å². The minimum atomic E-state index is -2.27. The molecule has 1 aromatic rings. The highest BCUT2D eigenvalue weighted by Gasteiger charge is 2.75. The molecule has 11 nitrogen and oxygen atoms in total. The van der Waals surface area contributed by atoms with Crippen LogP contribution in [0.15, 0.2) is 24.3 Å². The van der Waals surface area contributed by atoms with Crippen LogP contribution in [-0.2, 0) is 4.74 Å². The number of aliphatic hydroxyl groups is 4. The first-order chi connectivity index (χ1) is 15.4. The van der Waals surface area contributed by atoms with Crippen molar-refractivity contribution < 1.29 is 34.8 Å². The Morgan fingerprint density at radius 2 is 1.94 bits per heavy atom. The molecule has 0 unspecified atom stereocenters. The highest BCUT2D eigenvalue weighted by molar-refractivity contribution is 5.95. The van der Waals surface area contributed by atoms with E-state index in [1.807, 2.05) is 0 Å². The van der Waals surface area contributed by atoms with Crippen LogP contribution in [0, 0.1) is 0 Å². The van der Waals surface area contributed by atoms with Gasteiger partial charge in [0.2, 0.25) is 0 Å². The Morgan fingerprint density at radius 3 is 2.48 bits per heavy atom. The number of carbonyl (C=O) groups is 2. The molecule has 6 atom stereocenters. The molecule has 0 radical (unpaired) electrons. The van der Waals surface area contributed by atoms with Gasteiger partial charge < -0.3 is 46.4 Å². The first kappa shape index (κ1) is 25.3. The molecule has 1 aliphatic heterocycles. The van der Waals surface area contributed by atoms with E-state index in [1.165, 1.54) is 25.7 Å². The summed E-state index contributed by atoms with van der Waals surface area (Å²) in [5.74, 6) is -0.171. The Hall–Kier alpha value is -2.28. The third-order valence-electron chi connectivity index (χ3n) is 7.15. The lowest BCUT2D eigenvalue weighted by molar-refractivity contribution is -0.185. The predicted molar refractivity (Wildman–Crippen MR) is 120 cm³/mol. The third kappa shape index (κ3) is 3.98. The molecule has 2 amide bonds. The second kappa shape index (κ2) is 9.16. The summed E-state index contributed by atoms with van der Waals surface area (Å²) in [6.07, 6.45) is -1.42. The number of amides is 2. The first-order valence-electron chi connectivity index (χ1n) is 10.9. The highest BCUT2D eigenvalue weighted by Crippen LogP contribution is 2.48. The van der Waals surface area contributed by atoms with Gasteiger partial charge in [0.05, 0.1) is 38.0 Å². The number of nitrogens with one attached hydrogen (secondary N) is 2. The second-order valence-electron chi connectivity index (χ2n) is 9.01. The lowest BCUT2D eigenvalue weighted by Crippen LogP contribution is -2.76. The molecule has 1 saturated heterocycles. The Bertz CT molecular complexity index is 889. The average Bonchev–Trinajstić information content (AvgIpc) is 2.91. The summed E-state index contributed by atoms with van der Waals surface area (Å²) in [6.45, 7) is 4.37. The van der Waals surface area contributed by atoms with Crippen LogP contribution in [0.2, 0.25) is 0 Å². The number of Topliss-reactive ketones (excluding diaryl/α,β-unsaturated/α-hetero) is 1. The number of rotatable bonds is 6. The molecule has 2 fully saturated rings. The smallest absolute Gasteiger partial charge is 0.318 e. The van der Waals surface area contributed by atoms with Gasteiger partial charge in [0.15, 0.2) is 5.78 Å². The Labute approximate surface area is 192 Å². The molecular formula is C22H34N4O7. The molecule has 1 aromatic carbocycles. The second-order valence-corrected chi connectivity index (χ2v) is 9.01. The molecule has 0 bridgehead atoms. The van der Waals surface area contributed by atoms with Crippen LogP contribution in [-0.4, -0.2) is 105 Å². The zero-order valence-electron chi connectivity index (χ0n) is 19.1. The van der Waals surface area contributed by atoms with Crippen LogP contribution in [0.5, 0.6) is 0 Å². The first-order valence-corrected chi connectivity index (χ1v) is 10.9. The van der Waals surface area contributed by atoms with E-state index >= 15 is 0 Å². The highest BCUT2D eigenvalue weighted by atomic mass is 16.5. The van der Waals surface area contributed by atoms with Gasteiger partial charge in [0, 0.05) is 24.3 Å². The predicted octanol–water partition coefficient (Wildman–Crippen LogP) is -1.35. The molecule has 2 aliphatic rings. The summed E-state index contributed by atoms with van der Waals surface area (Å²) >= 11 is 0. The summed E-state index contributed by atoms with van der Waals surface area (Å²) in [4.78, 5) is 26.3. The molecule has 0 spiro atoms. The Morgan fingerprint density at radius 1 is 1.30 bits per heavy atom. The zero-order chi connectivity index (χ0) is 24.6. The van der Waals surface area contributed by atoms with E-state index in [9.17, 15) is 30.0 Å². The zero-order valence-corrected chi connectivity index (χ0v) is 19.1. The molecule has 33 heavy (non-hydrogen) atoms. The van der Waals surface area contributed by atoms with Gasteiger partial charge in [-0.3, -0.25) is 4.79 Å². The SMILES string of the molecule is CC(=O)c1cccc(N[C@H]2[C@H](N)[C@@](NC(=O)N3CCOCC3)([C@H](C)O)[C@@](C)(O)[C@@]2(O)CO)c1. The van der Waals surface area contributed by atoms with Crippen molar-refractivity contribution >= 4 is 17.5 Å². The molecule has 8 N–H and O–H groups in total. The lowest BCUT2D eigenvalue weighted by atomic mass is 9.73. The van der Waals surface area contributed by atoms with Crippen molar-refractivity contribution in [2.24, 2.45) is 5.73 Å². The largest absolute Gasteiger partial charge is 0.393 e. The topological polar surface area (TPSA) is 178 Å². The minimum absolute atomic E-state index is 0.171. The summed E-state index contributed by atoms with van der Waals surface area (Å²) in [6, 6.07) is 3.40. The quantitative estimate of drug-likeness (QED) is 0.250. The third-order valence-corrected chi connectivity index (χ3v) is 7.15. The van der Waals surface area contributed by atoms with Gasteiger partial charge >= 0.3 is 6.03 Å². The fraction of sp³-hybridized carbons (Fsp3) is 0.636. The van der Waals surface area contributed by atoms with Gasteiger partial charge in [-0.25, -0.2) is 4.79 Å². The molecular weight excluding hydrogens is 432 g/mol. The van der Waals surface area contributed by atoms with Gasteiger partial charge in [-0.1, -0.05) is 12.1 Å². The molecule has 0 aromatic heterocycles. The number of nitrogens with two attached hydrogens (primary N) is 1. The van der Waals surface area contributed by atoms with Crippen molar-refractivity contribution in [3.05, 3.63) is 29.8 Å². The summed E-state index contributed by atoms with van der Waals surface area (Å²) in [5, 5.41) is 49.8. The molecule has 184 valence electrons. The van der Waals surface area contributed by atoms with Crippen molar-refractivity contribution in [2.45, 2.75) is 55.7 Å². The van der Waals surface area contributed by atoms with E-state index in [2.05, 4.69) is 10.6 Å². The van der Waals surface area contributed by atoms with E-state index in [4.69, 9.17) is 10.5 Å². The van der Waals surface area contributed by atoms with Gasteiger partial charge in [-0.05, 0) is 32.9 Å². The fourth-order valence-electron chi connectivity index (χ4n) is 5.03. The van der Waals surface area contributed by atoms with Crippen molar-refractivity contribution in [3.63, 3.8) is 0 Å². The van der Waals surface area contributed by atoms with Crippen LogP contribution in [0.25, 0.3) is 0 Å². The van der Waals surface area contributed by atoms with Crippen LogP contribution < -0.4 is 16.4 Å². The number of hydrogen-bond acceptors (Lipinski definition) is 9. The average molecular weight is 467 g/mol. The number of ketones is 1. The number of nitrogens with zero attached hydrogens (tertiary/aromatic N) is 1. The van der Waals surface area contributed by atoms with Crippen molar-refractivity contribution in [1.29, 1.82) is 0 Å². The van der Waals surface area contributed by atoms with Crippen LogP contribution >= 0.6 is 0 Å². The summed E-state index contributed by atoms with van der Waals surface area (Å²) in [5.41, 5.74) is 0.882. The van der Waals surface area contributed by atoms with E-state index in [0.29, 0.717) is 37.6 Å². The van der Waals surface area contributed by atoms with Crippen LogP contribution in [0.1, 0.15) is 31.1 Å². The number of morpholine rings is 1. The van der Waals surface area contributed by atoms with E-state index in [0.717, 1.165) is 0 Å². The van der Waals surface area contributed by atoms with Gasteiger partial charge in [-0.2, -0.15) is 0 Å². The maximum absolute atomic E-state index is 13.1. The standard InChI is InChI=1S/C22H34N4O7/c1-13(28)15-5-4-6-16(11-15)24-18-17(23)22(14(2)29,20(3,31)21(18,32)12-27)25-19(30)26-7-9-33-10-8-26/h4-6,11,14,17-18,24,27,29,31-32H,7-10,12,23H2,1-3H3,(H,25,30)/t14-,17-,18-,20-,21+,22-/m0/s1. The number of ether oxygens (including phenoxy) is 1. The summed E-state index contributed by atoms with van der Waals surface area (Å²) < 4.78 is 5.26. The van der Waals surface area contributed by atoms with Crippen LogP contribution in [0.3, 0.4) is 0 Å². The molecule has 1 saturated carbocycles. The fourth-order valence-corrected chi connectivity index (χ4v) is 5.03. The Balaban J connectivity index is 2.02. The van der Waals surface area contributed by atoms with Gasteiger partial charge in [-0.15, -0.1) is 0 Å². The van der Waals surface area contributed by atoms with Crippen molar-refractivity contribution in [1.82, 2.24) is 10.2 Å². The Kier molecular flexibility index (Phi) is 7.04. The van der Waals surface area contributed by atoms with Crippen molar-refractivity contribution in [3.8, 4) is 0 Å². The van der Waals surface area contributed by atoms with Gasteiger partial charge in [0.25, 0.3) is 0 Å². The monoisotopic (exact) mass is 466 g/mol. The van der Waals surface area contributed by atoms with Crippen molar-refractivity contribution in [2.75, 3.05) is 38.2 Å². The maximum Gasteiger partial charge on any atom is 0.318 e. The molecule has 3 rings (SSSR count). The minimum Gasteiger partial charge on any atom is -0.393 e. The number of hydrogen-bond donors (Lipinski definition) is 7. The number of urea groups is 1. The van der Waals surface area contributed by atoms with E-state index < -0.39 is 47.6 Å². The van der Waals surface area contributed by atoms with E-state index in [1.54, 1.807) is 24.3 Å². The van der Waals surface area contributed by atoms with Gasteiger partial charge in [0.1, 0.15) is 16.7 Å². The lowest BCUT2D eigenvalue weighted by Gasteiger charge is -2.49. The normalized spacial score (nSPS) is 35.2. The number of anilines is 1. The maximum atomic E-state index is 13.1. The van der Waals surface area contributed by atoms with E-state index in [-0.39, 0.29) is 5.78 Å². The number of benzene rings is 1. The molecule has 1 aliphatic carbocycles. The number of aliphatic hydroxyl groups excluding tert-OH is 2. The molecule has 11 heteroatoms.